The van der Waals surface area contributed by atoms with E-state index < -0.39 is 0 Å². The van der Waals surface area contributed by atoms with E-state index in [1.165, 1.54) is 16.8 Å². The first-order chi connectivity index (χ1) is 9.75. The Bertz CT molecular complexity index is 673. The third-order valence-electron chi connectivity index (χ3n) is 4.78. The summed E-state index contributed by atoms with van der Waals surface area (Å²) in [7, 11) is 0. The van der Waals surface area contributed by atoms with Crippen LogP contribution in [-0.4, -0.2) is 21.9 Å². The van der Waals surface area contributed by atoms with Gasteiger partial charge in [-0.25, -0.2) is 0 Å². The van der Waals surface area contributed by atoms with E-state index in [4.69, 9.17) is 0 Å². The number of hydrogen-bond donors (Lipinski definition) is 0. The highest BCUT2D eigenvalue weighted by molar-refractivity contribution is 5.87. The predicted molar refractivity (Wildman–Crippen MR) is 77.4 cm³/mol. The Morgan fingerprint density at radius 2 is 2.00 bits per heavy atom. The zero-order chi connectivity index (χ0) is 13.7. The Kier molecular flexibility index (Phi) is 2.49. The molecule has 0 saturated heterocycles. The maximum Gasteiger partial charge on any atom is 0.231 e. The van der Waals surface area contributed by atoms with Crippen LogP contribution in [0.2, 0.25) is 0 Å². The van der Waals surface area contributed by atoms with Crippen molar-refractivity contribution in [3.8, 4) is 0 Å². The second-order valence-corrected chi connectivity index (χ2v) is 5.79. The van der Waals surface area contributed by atoms with Crippen molar-refractivity contribution in [1.29, 1.82) is 0 Å². The van der Waals surface area contributed by atoms with E-state index in [1.807, 2.05) is 6.07 Å². The summed E-state index contributed by atoms with van der Waals surface area (Å²) >= 11 is 0. The Labute approximate surface area is 118 Å². The van der Waals surface area contributed by atoms with Gasteiger partial charge in [0, 0.05) is 25.0 Å². The van der Waals surface area contributed by atoms with Crippen molar-refractivity contribution in [2.24, 2.45) is 0 Å². The van der Waals surface area contributed by atoms with Crippen LogP contribution in [0.25, 0.3) is 0 Å². The van der Waals surface area contributed by atoms with E-state index >= 15 is 0 Å². The smallest absolute Gasteiger partial charge is 0.231 e. The third kappa shape index (κ3) is 1.56. The van der Waals surface area contributed by atoms with E-state index in [1.54, 1.807) is 0 Å². The highest BCUT2D eigenvalue weighted by Gasteiger charge is 2.37. The van der Waals surface area contributed by atoms with Crippen LogP contribution in [0.1, 0.15) is 35.7 Å². The minimum absolute atomic E-state index is 0.0789. The van der Waals surface area contributed by atoms with Gasteiger partial charge in [-0.3, -0.25) is 4.79 Å². The molecule has 0 spiro atoms. The number of amides is 1. The number of carbonyl (C=O) groups excluding carboxylic acids is 1. The molecule has 2 heterocycles. The van der Waals surface area contributed by atoms with Gasteiger partial charge < -0.3 is 9.47 Å². The number of fused-ring (bicyclic) bond motifs is 2. The molecule has 0 N–H and O–H groups in total. The molecule has 0 saturated carbocycles. The van der Waals surface area contributed by atoms with Gasteiger partial charge in [-0.15, -0.1) is 0 Å². The minimum Gasteiger partial charge on any atom is -0.348 e. The molecule has 3 nitrogen and oxygen atoms in total. The van der Waals surface area contributed by atoms with Gasteiger partial charge in [-0.1, -0.05) is 24.3 Å². The highest BCUT2D eigenvalue weighted by atomic mass is 16.2. The summed E-state index contributed by atoms with van der Waals surface area (Å²) in [6.45, 7) is 3.86. The van der Waals surface area contributed by atoms with Crippen molar-refractivity contribution in [3.63, 3.8) is 0 Å². The standard InChI is InChI=1S/C17H18N2O/c1-12-16-7-4-8-18(16)9-10-19(12)17(20)15-11-13-5-2-3-6-14(13)15/h2-8,12,15H,9-11H2,1H3/t12-,15-/m0/s1. The summed E-state index contributed by atoms with van der Waals surface area (Å²) in [5.41, 5.74) is 3.81. The maximum atomic E-state index is 12.8. The lowest BCUT2D eigenvalue weighted by atomic mass is 9.76. The third-order valence-corrected chi connectivity index (χ3v) is 4.78. The Morgan fingerprint density at radius 3 is 2.85 bits per heavy atom. The molecule has 4 rings (SSSR count). The van der Waals surface area contributed by atoms with Crippen molar-refractivity contribution in [1.82, 2.24) is 9.47 Å². The SMILES string of the molecule is C[C@H]1c2cccn2CCN1C(=O)[C@H]1Cc2ccccc21. The molecule has 3 heteroatoms. The van der Waals surface area contributed by atoms with E-state index in [9.17, 15) is 4.79 Å². The first-order valence-electron chi connectivity index (χ1n) is 7.29. The molecule has 0 unspecified atom stereocenters. The molecule has 1 aromatic carbocycles. The van der Waals surface area contributed by atoms with Gasteiger partial charge in [-0.05, 0) is 36.6 Å². The Balaban J connectivity index is 1.59. The van der Waals surface area contributed by atoms with Crippen LogP contribution in [-0.2, 0) is 17.8 Å². The second kappa shape index (κ2) is 4.23. The van der Waals surface area contributed by atoms with E-state index in [0.717, 1.165) is 19.5 Å². The van der Waals surface area contributed by atoms with Crippen molar-refractivity contribution < 1.29 is 4.79 Å². The van der Waals surface area contributed by atoms with Gasteiger partial charge in [0.2, 0.25) is 5.91 Å². The number of nitrogens with zero attached hydrogens (tertiary/aromatic N) is 2. The van der Waals surface area contributed by atoms with Gasteiger partial charge >= 0.3 is 0 Å². The molecule has 20 heavy (non-hydrogen) atoms. The summed E-state index contributed by atoms with van der Waals surface area (Å²) < 4.78 is 2.25. The summed E-state index contributed by atoms with van der Waals surface area (Å²) in [5, 5.41) is 0. The minimum atomic E-state index is 0.0789. The molecule has 0 bridgehead atoms. The average molecular weight is 266 g/mol. The van der Waals surface area contributed by atoms with Crippen LogP contribution < -0.4 is 0 Å². The van der Waals surface area contributed by atoms with Gasteiger partial charge in [-0.2, -0.15) is 0 Å². The monoisotopic (exact) mass is 266 g/mol. The van der Waals surface area contributed by atoms with Crippen LogP contribution in [0, 0.1) is 0 Å². The van der Waals surface area contributed by atoms with Crippen molar-refractivity contribution in [2.45, 2.75) is 31.8 Å². The van der Waals surface area contributed by atoms with Gasteiger partial charge in [0.05, 0.1) is 12.0 Å². The quantitative estimate of drug-likeness (QED) is 0.779. The number of rotatable bonds is 1. The molecule has 1 aliphatic heterocycles. The topological polar surface area (TPSA) is 25.2 Å². The fraction of sp³-hybridized carbons (Fsp3) is 0.353. The fourth-order valence-electron chi connectivity index (χ4n) is 3.56. The van der Waals surface area contributed by atoms with Gasteiger partial charge in [0.1, 0.15) is 0 Å². The largest absolute Gasteiger partial charge is 0.348 e. The highest BCUT2D eigenvalue weighted by Crippen LogP contribution is 2.38. The molecule has 2 aromatic rings. The number of aromatic nitrogens is 1. The average Bonchev–Trinajstić information content (AvgIpc) is 2.90. The molecule has 1 aromatic heterocycles. The maximum absolute atomic E-state index is 12.8. The molecule has 2 aliphatic rings. The first-order valence-corrected chi connectivity index (χ1v) is 7.29. The first kappa shape index (κ1) is 11.8. The zero-order valence-corrected chi connectivity index (χ0v) is 11.6. The van der Waals surface area contributed by atoms with Crippen molar-refractivity contribution >= 4 is 5.91 Å². The zero-order valence-electron chi connectivity index (χ0n) is 11.6. The van der Waals surface area contributed by atoms with Crippen LogP contribution in [0.15, 0.2) is 42.6 Å². The molecule has 0 fully saturated rings. The summed E-state index contributed by atoms with van der Waals surface area (Å²) in [4.78, 5) is 14.9. The van der Waals surface area contributed by atoms with Crippen LogP contribution in [0.4, 0.5) is 0 Å². The molecule has 1 aliphatic carbocycles. The normalized spacial score (nSPS) is 23.8. The Morgan fingerprint density at radius 1 is 1.15 bits per heavy atom. The number of hydrogen-bond acceptors (Lipinski definition) is 1. The summed E-state index contributed by atoms with van der Waals surface area (Å²) in [6, 6.07) is 12.7. The van der Waals surface area contributed by atoms with Crippen LogP contribution >= 0.6 is 0 Å². The number of carbonyl (C=O) groups is 1. The molecule has 102 valence electrons. The summed E-state index contributed by atoms with van der Waals surface area (Å²) in [5.74, 6) is 0.374. The lowest BCUT2D eigenvalue weighted by molar-refractivity contribution is -0.136. The molecule has 1 amide bonds. The lowest BCUT2D eigenvalue weighted by Gasteiger charge is -2.40. The molecule has 0 radical (unpaired) electrons. The van der Waals surface area contributed by atoms with Gasteiger partial charge in [0.15, 0.2) is 0 Å². The van der Waals surface area contributed by atoms with Crippen molar-refractivity contribution in [3.05, 3.63) is 59.4 Å². The molecule has 2 atom stereocenters. The van der Waals surface area contributed by atoms with Gasteiger partial charge in [0.25, 0.3) is 0 Å². The van der Waals surface area contributed by atoms with E-state index in [2.05, 4.69) is 52.9 Å². The van der Waals surface area contributed by atoms with Crippen LogP contribution in [0.3, 0.4) is 0 Å². The molecular formula is C17H18N2O. The molecular weight excluding hydrogens is 248 g/mol. The Hall–Kier alpha value is -2.03. The van der Waals surface area contributed by atoms with E-state index in [0.29, 0.717) is 5.91 Å². The second-order valence-electron chi connectivity index (χ2n) is 5.79. The predicted octanol–water partition coefficient (Wildman–Crippen LogP) is 2.73. The van der Waals surface area contributed by atoms with Crippen molar-refractivity contribution in [2.75, 3.05) is 6.54 Å². The number of benzene rings is 1. The van der Waals surface area contributed by atoms with E-state index in [-0.39, 0.29) is 12.0 Å². The lowest BCUT2D eigenvalue weighted by Crippen LogP contribution is -2.45. The fourth-order valence-corrected chi connectivity index (χ4v) is 3.56. The van der Waals surface area contributed by atoms with Crippen LogP contribution in [0.5, 0.6) is 0 Å². The summed E-state index contributed by atoms with van der Waals surface area (Å²) in [6.07, 6.45) is 3.01.